The summed E-state index contributed by atoms with van der Waals surface area (Å²) in [5, 5.41) is 8.70. The monoisotopic (exact) mass is 342 g/mol. The Kier molecular flexibility index (Phi) is 4.33. The van der Waals surface area contributed by atoms with Crippen LogP contribution in [0.25, 0.3) is 5.65 Å². The van der Waals surface area contributed by atoms with E-state index in [-0.39, 0.29) is 5.92 Å². The van der Waals surface area contributed by atoms with Gasteiger partial charge in [0.25, 0.3) is 0 Å². The topological polar surface area (TPSA) is 57.0 Å². The first kappa shape index (κ1) is 16.3. The van der Waals surface area contributed by atoms with Gasteiger partial charge in [0.1, 0.15) is 0 Å². The fourth-order valence-corrected chi connectivity index (χ4v) is 3.93. The van der Waals surface area contributed by atoms with Crippen molar-refractivity contribution in [1.29, 1.82) is 0 Å². The SMILES string of the molecule is Cc1cccc2nnc(N3CCC[C@@H](C(=O)N4CCN(C)CC4)C3)n12. The van der Waals surface area contributed by atoms with Crippen molar-refractivity contribution in [2.45, 2.75) is 19.8 Å². The lowest BCUT2D eigenvalue weighted by Crippen LogP contribution is -2.51. The molecule has 0 bridgehead atoms. The number of rotatable bonds is 2. The summed E-state index contributed by atoms with van der Waals surface area (Å²) in [7, 11) is 2.11. The van der Waals surface area contributed by atoms with E-state index in [9.17, 15) is 4.79 Å². The number of aromatic nitrogens is 3. The molecule has 2 aliphatic rings. The summed E-state index contributed by atoms with van der Waals surface area (Å²) in [6.45, 7) is 7.36. The third-order valence-corrected chi connectivity index (χ3v) is 5.47. The summed E-state index contributed by atoms with van der Waals surface area (Å²) in [5.74, 6) is 1.24. The minimum atomic E-state index is 0.0634. The van der Waals surface area contributed by atoms with E-state index in [1.165, 1.54) is 0 Å². The average Bonchev–Trinajstić information content (AvgIpc) is 3.07. The Hall–Kier alpha value is -2.15. The Bertz CT molecular complexity index is 764. The minimum Gasteiger partial charge on any atom is -0.340 e. The van der Waals surface area contributed by atoms with E-state index < -0.39 is 0 Å². The van der Waals surface area contributed by atoms with Crippen LogP contribution in [0.1, 0.15) is 18.5 Å². The summed E-state index contributed by atoms with van der Waals surface area (Å²) in [6.07, 6.45) is 1.99. The van der Waals surface area contributed by atoms with Crippen LogP contribution in [-0.2, 0) is 4.79 Å². The van der Waals surface area contributed by atoms with Crippen molar-refractivity contribution in [2.75, 3.05) is 51.2 Å². The van der Waals surface area contributed by atoms with Gasteiger partial charge in [-0.05, 0) is 38.9 Å². The Morgan fingerprint density at radius 3 is 2.72 bits per heavy atom. The fourth-order valence-electron chi connectivity index (χ4n) is 3.93. The second-order valence-electron chi connectivity index (χ2n) is 7.27. The zero-order valence-electron chi connectivity index (χ0n) is 15.1. The summed E-state index contributed by atoms with van der Waals surface area (Å²) in [5.41, 5.74) is 1.98. The zero-order valence-corrected chi connectivity index (χ0v) is 15.1. The van der Waals surface area contributed by atoms with Crippen LogP contribution in [0.15, 0.2) is 18.2 Å². The van der Waals surface area contributed by atoms with Gasteiger partial charge in [-0.2, -0.15) is 0 Å². The zero-order chi connectivity index (χ0) is 17.4. The quantitative estimate of drug-likeness (QED) is 0.816. The van der Waals surface area contributed by atoms with Crippen molar-refractivity contribution in [1.82, 2.24) is 24.4 Å². The second-order valence-corrected chi connectivity index (χ2v) is 7.27. The van der Waals surface area contributed by atoms with E-state index in [0.717, 1.165) is 69.4 Å². The molecular weight excluding hydrogens is 316 g/mol. The number of aryl methyl sites for hydroxylation is 1. The van der Waals surface area contributed by atoms with Crippen LogP contribution in [0.3, 0.4) is 0 Å². The molecule has 7 heteroatoms. The highest BCUT2D eigenvalue weighted by molar-refractivity contribution is 5.80. The number of hydrogen-bond donors (Lipinski definition) is 0. The highest BCUT2D eigenvalue weighted by atomic mass is 16.2. The maximum Gasteiger partial charge on any atom is 0.231 e. The van der Waals surface area contributed by atoms with Crippen LogP contribution in [0.4, 0.5) is 5.95 Å². The first-order chi connectivity index (χ1) is 12.1. The number of fused-ring (bicyclic) bond motifs is 1. The van der Waals surface area contributed by atoms with Gasteiger partial charge < -0.3 is 14.7 Å². The van der Waals surface area contributed by atoms with E-state index in [0.29, 0.717) is 5.91 Å². The number of amides is 1. The number of hydrogen-bond acceptors (Lipinski definition) is 5. The maximum atomic E-state index is 12.9. The lowest BCUT2D eigenvalue weighted by Gasteiger charge is -2.38. The molecule has 2 saturated heterocycles. The maximum absolute atomic E-state index is 12.9. The molecule has 1 atom stereocenters. The molecule has 134 valence electrons. The molecule has 0 N–H and O–H groups in total. The largest absolute Gasteiger partial charge is 0.340 e. The van der Waals surface area contributed by atoms with Gasteiger partial charge in [0.05, 0.1) is 5.92 Å². The van der Waals surface area contributed by atoms with Crippen LogP contribution in [0.2, 0.25) is 0 Å². The Morgan fingerprint density at radius 1 is 1.12 bits per heavy atom. The van der Waals surface area contributed by atoms with Crippen LogP contribution < -0.4 is 4.90 Å². The molecule has 2 fully saturated rings. The highest BCUT2D eigenvalue weighted by Crippen LogP contribution is 2.25. The second kappa shape index (κ2) is 6.63. The highest BCUT2D eigenvalue weighted by Gasteiger charge is 2.32. The average molecular weight is 342 g/mol. The van der Waals surface area contributed by atoms with Gasteiger partial charge >= 0.3 is 0 Å². The molecule has 1 amide bonds. The number of carbonyl (C=O) groups is 1. The molecule has 0 radical (unpaired) electrons. The normalized spacial score (nSPS) is 22.6. The molecule has 2 aromatic rings. The smallest absolute Gasteiger partial charge is 0.231 e. The van der Waals surface area contributed by atoms with Crippen LogP contribution in [0, 0.1) is 12.8 Å². The van der Waals surface area contributed by atoms with Gasteiger partial charge in [-0.3, -0.25) is 9.20 Å². The number of likely N-dealkylation sites (N-methyl/N-ethyl adjacent to an activating group) is 1. The molecule has 25 heavy (non-hydrogen) atoms. The summed E-state index contributed by atoms with van der Waals surface area (Å²) in [4.78, 5) is 19.5. The van der Waals surface area contributed by atoms with E-state index >= 15 is 0 Å². The van der Waals surface area contributed by atoms with Crippen LogP contribution >= 0.6 is 0 Å². The van der Waals surface area contributed by atoms with Gasteiger partial charge in [-0.15, -0.1) is 10.2 Å². The lowest BCUT2D eigenvalue weighted by molar-refractivity contribution is -0.137. The number of carbonyl (C=O) groups excluding carboxylic acids is 1. The third-order valence-electron chi connectivity index (χ3n) is 5.47. The first-order valence-corrected chi connectivity index (χ1v) is 9.16. The molecular formula is C18H26N6O. The molecule has 0 spiro atoms. The van der Waals surface area contributed by atoms with E-state index in [4.69, 9.17) is 0 Å². The van der Waals surface area contributed by atoms with Crippen LogP contribution in [0.5, 0.6) is 0 Å². The van der Waals surface area contributed by atoms with Gasteiger partial charge in [0, 0.05) is 45.0 Å². The molecule has 0 aliphatic carbocycles. The predicted molar refractivity (Wildman–Crippen MR) is 96.7 cm³/mol. The first-order valence-electron chi connectivity index (χ1n) is 9.16. The van der Waals surface area contributed by atoms with Gasteiger partial charge in [0.15, 0.2) is 5.65 Å². The Morgan fingerprint density at radius 2 is 1.92 bits per heavy atom. The van der Waals surface area contributed by atoms with Crippen molar-refractivity contribution in [3.8, 4) is 0 Å². The van der Waals surface area contributed by atoms with Crippen molar-refractivity contribution < 1.29 is 4.79 Å². The number of anilines is 1. The number of piperazine rings is 1. The van der Waals surface area contributed by atoms with E-state index in [1.54, 1.807) is 0 Å². The molecule has 2 aromatic heterocycles. The standard InChI is InChI=1S/C18H26N6O/c1-14-5-3-7-16-19-20-18(24(14)16)23-8-4-6-15(13-23)17(25)22-11-9-21(2)10-12-22/h3,5,7,15H,4,6,8-13H2,1-2H3/t15-/m1/s1. The van der Waals surface area contributed by atoms with E-state index in [1.807, 2.05) is 17.0 Å². The number of piperidine rings is 1. The Balaban J connectivity index is 1.51. The van der Waals surface area contributed by atoms with Gasteiger partial charge in [-0.1, -0.05) is 6.07 Å². The summed E-state index contributed by atoms with van der Waals surface area (Å²) >= 11 is 0. The van der Waals surface area contributed by atoms with Gasteiger partial charge in [-0.25, -0.2) is 0 Å². The van der Waals surface area contributed by atoms with Crippen LogP contribution in [-0.4, -0.2) is 76.6 Å². The Labute approximate surface area is 148 Å². The summed E-state index contributed by atoms with van der Waals surface area (Å²) in [6, 6.07) is 6.04. The molecule has 2 aliphatic heterocycles. The van der Waals surface area contributed by atoms with Crippen molar-refractivity contribution in [3.63, 3.8) is 0 Å². The minimum absolute atomic E-state index is 0.0634. The fraction of sp³-hybridized carbons (Fsp3) is 0.611. The van der Waals surface area contributed by atoms with E-state index in [2.05, 4.69) is 44.4 Å². The molecule has 0 unspecified atom stereocenters. The van der Waals surface area contributed by atoms with Crippen molar-refractivity contribution in [2.24, 2.45) is 5.92 Å². The molecule has 4 rings (SSSR count). The van der Waals surface area contributed by atoms with Gasteiger partial charge in [0.2, 0.25) is 11.9 Å². The molecule has 4 heterocycles. The summed E-state index contributed by atoms with van der Waals surface area (Å²) < 4.78 is 2.09. The lowest BCUT2D eigenvalue weighted by atomic mass is 9.96. The van der Waals surface area contributed by atoms with Crippen molar-refractivity contribution in [3.05, 3.63) is 23.9 Å². The number of nitrogens with zero attached hydrogens (tertiary/aromatic N) is 6. The third kappa shape index (κ3) is 3.08. The molecule has 7 nitrogen and oxygen atoms in total. The molecule has 0 aromatic carbocycles. The van der Waals surface area contributed by atoms with Crippen molar-refractivity contribution >= 4 is 17.5 Å². The predicted octanol–water partition coefficient (Wildman–Crippen LogP) is 1.03. The number of pyridine rings is 1. The molecule has 0 saturated carbocycles.